The Kier molecular flexibility index (Phi) is 7.64. The van der Waals surface area contributed by atoms with Gasteiger partial charge in [-0.2, -0.15) is 0 Å². The second-order valence-corrected chi connectivity index (χ2v) is 9.89. The Bertz CT molecular complexity index is 1150. The predicted molar refractivity (Wildman–Crippen MR) is 134 cm³/mol. The Morgan fingerprint density at radius 1 is 1.09 bits per heavy atom. The number of fused-ring (bicyclic) bond motifs is 1. The molecule has 1 aromatic heterocycles. The van der Waals surface area contributed by atoms with E-state index in [0.717, 1.165) is 64.5 Å². The second kappa shape index (κ2) is 10.5. The highest BCUT2D eigenvalue weighted by Crippen LogP contribution is 2.42. The number of rotatable bonds is 10. The highest BCUT2D eigenvalue weighted by molar-refractivity contribution is 5.99. The Morgan fingerprint density at radius 3 is 2.20 bits per heavy atom. The van der Waals surface area contributed by atoms with E-state index in [1.165, 1.54) is 10.8 Å². The third kappa shape index (κ3) is 4.87. The van der Waals surface area contributed by atoms with Crippen molar-refractivity contribution in [1.82, 2.24) is 9.47 Å². The van der Waals surface area contributed by atoms with Crippen LogP contribution in [0.2, 0.25) is 0 Å². The van der Waals surface area contributed by atoms with E-state index in [2.05, 4.69) is 18.7 Å². The van der Waals surface area contributed by atoms with Crippen LogP contribution < -0.4 is 16.1 Å². The Labute approximate surface area is 204 Å². The van der Waals surface area contributed by atoms with Crippen LogP contribution in [-0.2, 0) is 0 Å². The first kappa shape index (κ1) is 25.4. The van der Waals surface area contributed by atoms with Crippen molar-refractivity contribution in [2.45, 2.75) is 77.3 Å². The van der Waals surface area contributed by atoms with Crippen molar-refractivity contribution < 1.29 is 18.7 Å². The minimum atomic E-state index is -1.44. The number of unbranched alkanes of at least 4 members (excludes halogenated alkanes) is 2. The number of carbonyl (C=O) groups is 1. The summed E-state index contributed by atoms with van der Waals surface area (Å²) in [6.07, 6.45) is 8.74. The molecule has 9 heteroatoms. The molecule has 192 valence electrons. The van der Waals surface area contributed by atoms with E-state index in [1.807, 2.05) is 0 Å². The largest absolute Gasteiger partial charge is 0.477 e. The zero-order valence-corrected chi connectivity index (χ0v) is 20.7. The minimum Gasteiger partial charge on any atom is -0.477 e. The van der Waals surface area contributed by atoms with Gasteiger partial charge < -0.3 is 25.2 Å². The lowest BCUT2D eigenvalue weighted by molar-refractivity contribution is 0.0695. The van der Waals surface area contributed by atoms with Gasteiger partial charge in [-0.1, -0.05) is 26.7 Å². The number of aromatic nitrogens is 1. The molecule has 4 rings (SSSR count). The van der Waals surface area contributed by atoms with Gasteiger partial charge in [0.25, 0.3) is 0 Å². The summed E-state index contributed by atoms with van der Waals surface area (Å²) in [7, 11) is 0. The minimum absolute atomic E-state index is 0.0916. The topological polar surface area (TPSA) is 91.8 Å². The number of carboxylic acids is 1. The first-order chi connectivity index (χ1) is 16.8. The number of hydrogen-bond acceptors (Lipinski definition) is 5. The van der Waals surface area contributed by atoms with Crippen LogP contribution >= 0.6 is 0 Å². The summed E-state index contributed by atoms with van der Waals surface area (Å²) in [6, 6.07) is 0.246. The molecule has 2 aliphatic rings. The van der Waals surface area contributed by atoms with Gasteiger partial charge in [-0.05, 0) is 51.6 Å². The fraction of sp³-hybridized carbons (Fsp3) is 0.615. The van der Waals surface area contributed by atoms with Crippen LogP contribution in [0, 0.1) is 11.6 Å². The molecule has 7 nitrogen and oxygen atoms in total. The third-order valence-electron chi connectivity index (χ3n) is 7.43. The van der Waals surface area contributed by atoms with Gasteiger partial charge in [0.05, 0.1) is 16.6 Å². The molecule has 1 saturated heterocycles. The number of hydrogen-bond donors (Lipinski definition) is 2. The SMILES string of the molecule is CCCCN(CCCC)C1CCN(c2c(F)c(N)c3c(=O)c(C(=O)O)cn(C4CC4)c3c2F)CC1. The molecule has 0 unspecified atom stereocenters. The number of aromatic carboxylic acids is 1. The molecule has 3 N–H and O–H groups in total. The summed E-state index contributed by atoms with van der Waals surface area (Å²) in [4.78, 5) is 28.7. The predicted octanol–water partition coefficient (Wildman–Crippen LogP) is 4.77. The van der Waals surface area contributed by atoms with Crippen LogP contribution in [-0.4, -0.2) is 52.8 Å². The van der Waals surface area contributed by atoms with E-state index in [4.69, 9.17) is 5.73 Å². The number of carboxylic acid groups (broad SMARTS) is 1. The highest BCUT2D eigenvalue weighted by atomic mass is 19.1. The normalized spacial score (nSPS) is 17.0. The summed E-state index contributed by atoms with van der Waals surface area (Å²) in [5, 5.41) is 9.08. The molecule has 0 bridgehead atoms. The Morgan fingerprint density at radius 2 is 1.69 bits per heavy atom. The summed E-state index contributed by atoms with van der Waals surface area (Å²) in [5.74, 6) is -3.25. The molecule has 35 heavy (non-hydrogen) atoms. The molecule has 0 atom stereocenters. The summed E-state index contributed by atoms with van der Waals surface area (Å²) < 4.78 is 33.0. The van der Waals surface area contributed by atoms with Gasteiger partial charge in [0, 0.05) is 31.4 Å². The van der Waals surface area contributed by atoms with Crippen LogP contribution in [0.25, 0.3) is 10.9 Å². The van der Waals surface area contributed by atoms with Crippen LogP contribution in [0.4, 0.5) is 20.2 Å². The van der Waals surface area contributed by atoms with E-state index >= 15 is 8.78 Å². The van der Waals surface area contributed by atoms with Gasteiger partial charge in [-0.25, -0.2) is 13.6 Å². The van der Waals surface area contributed by atoms with Crippen molar-refractivity contribution in [1.29, 1.82) is 0 Å². The average molecular weight is 491 g/mol. The first-order valence-electron chi connectivity index (χ1n) is 12.9. The lowest BCUT2D eigenvalue weighted by Crippen LogP contribution is -2.46. The van der Waals surface area contributed by atoms with Crippen LogP contribution in [0.15, 0.2) is 11.0 Å². The van der Waals surface area contributed by atoms with Gasteiger partial charge in [-0.3, -0.25) is 4.79 Å². The highest BCUT2D eigenvalue weighted by Gasteiger charge is 2.34. The van der Waals surface area contributed by atoms with Crippen LogP contribution in [0.5, 0.6) is 0 Å². The Balaban J connectivity index is 1.69. The zero-order valence-electron chi connectivity index (χ0n) is 20.7. The monoisotopic (exact) mass is 490 g/mol. The Hall–Kier alpha value is -2.68. The van der Waals surface area contributed by atoms with Gasteiger partial charge >= 0.3 is 5.97 Å². The fourth-order valence-electron chi connectivity index (χ4n) is 5.28. The maximum Gasteiger partial charge on any atom is 0.341 e. The first-order valence-corrected chi connectivity index (χ1v) is 12.9. The quantitative estimate of drug-likeness (QED) is 0.467. The molecule has 2 fully saturated rings. The van der Waals surface area contributed by atoms with Crippen molar-refractivity contribution in [3.8, 4) is 0 Å². The van der Waals surface area contributed by atoms with Crippen molar-refractivity contribution in [2.24, 2.45) is 0 Å². The molecule has 2 heterocycles. The maximum atomic E-state index is 16.0. The zero-order chi connectivity index (χ0) is 25.3. The smallest absolute Gasteiger partial charge is 0.341 e. The van der Waals surface area contributed by atoms with Gasteiger partial charge in [0.2, 0.25) is 5.43 Å². The molecule has 0 spiro atoms. The van der Waals surface area contributed by atoms with Crippen LogP contribution in [0.1, 0.15) is 81.6 Å². The molecule has 1 saturated carbocycles. The van der Waals surface area contributed by atoms with E-state index in [1.54, 1.807) is 4.90 Å². The summed E-state index contributed by atoms with van der Waals surface area (Å²) >= 11 is 0. The summed E-state index contributed by atoms with van der Waals surface area (Å²) in [5.41, 5.74) is 3.80. The standard InChI is InChI=1S/C26H36F2N4O3/c1-3-5-11-30(12-6-4-2)16-9-13-31(14-10-16)24-20(27)22(29)19-23(21(24)28)32(17-7-8-17)15-18(25(19)33)26(34)35/h15-17H,3-14,29H2,1-2H3,(H,34,35). The lowest BCUT2D eigenvalue weighted by atomic mass is 10.00. The number of piperidine rings is 1. The van der Waals surface area contributed by atoms with Gasteiger partial charge in [0.1, 0.15) is 11.3 Å². The van der Waals surface area contributed by atoms with Crippen molar-refractivity contribution >= 4 is 28.2 Å². The molecule has 2 aromatic rings. The lowest BCUT2D eigenvalue weighted by Gasteiger charge is -2.40. The van der Waals surface area contributed by atoms with E-state index in [0.29, 0.717) is 19.1 Å². The van der Waals surface area contributed by atoms with Crippen molar-refractivity contribution in [2.75, 3.05) is 36.8 Å². The number of nitrogen functional groups attached to an aromatic ring is 1. The van der Waals surface area contributed by atoms with Crippen LogP contribution in [0.3, 0.4) is 0 Å². The van der Waals surface area contributed by atoms with E-state index in [-0.39, 0.29) is 22.6 Å². The number of benzene rings is 1. The molecule has 0 amide bonds. The third-order valence-corrected chi connectivity index (χ3v) is 7.43. The van der Waals surface area contributed by atoms with E-state index in [9.17, 15) is 14.7 Å². The van der Waals surface area contributed by atoms with Crippen molar-refractivity contribution in [3.63, 3.8) is 0 Å². The summed E-state index contributed by atoms with van der Waals surface area (Å²) in [6.45, 7) is 7.39. The molecular formula is C26H36F2N4O3. The number of halogens is 2. The number of anilines is 2. The molecular weight excluding hydrogens is 454 g/mol. The second-order valence-electron chi connectivity index (χ2n) is 9.89. The van der Waals surface area contributed by atoms with Crippen molar-refractivity contribution in [3.05, 3.63) is 33.6 Å². The number of pyridine rings is 1. The van der Waals surface area contributed by atoms with Gasteiger partial charge in [-0.15, -0.1) is 0 Å². The molecule has 1 aromatic carbocycles. The van der Waals surface area contributed by atoms with E-state index < -0.39 is 34.3 Å². The molecule has 1 aliphatic carbocycles. The van der Waals surface area contributed by atoms with Gasteiger partial charge in [0.15, 0.2) is 11.6 Å². The maximum absolute atomic E-state index is 16.0. The molecule has 0 radical (unpaired) electrons. The number of nitrogens with two attached hydrogens (primary N) is 1. The number of nitrogens with zero attached hydrogens (tertiary/aromatic N) is 3. The molecule has 1 aliphatic heterocycles. The average Bonchev–Trinajstić information content (AvgIpc) is 3.68. The fourth-order valence-corrected chi connectivity index (χ4v) is 5.28.